The quantitative estimate of drug-likeness (QED) is 0.477. The predicted octanol–water partition coefficient (Wildman–Crippen LogP) is 3.27. The van der Waals surface area contributed by atoms with Gasteiger partial charge in [-0.2, -0.15) is 0 Å². The molecule has 2 aromatic carbocycles. The summed E-state index contributed by atoms with van der Waals surface area (Å²) in [4.78, 5) is 8.40. The van der Waals surface area contributed by atoms with Crippen LogP contribution in [0.1, 0.15) is 16.8 Å². The van der Waals surface area contributed by atoms with Crippen molar-refractivity contribution in [2.24, 2.45) is 4.99 Å². The molecule has 0 aliphatic carbocycles. The summed E-state index contributed by atoms with van der Waals surface area (Å²) in [5, 5.41) is 25.2. The molecule has 3 rings (SSSR count). The van der Waals surface area contributed by atoms with E-state index in [9.17, 15) is 10.2 Å². The fourth-order valence-electron chi connectivity index (χ4n) is 2.71. The van der Waals surface area contributed by atoms with E-state index in [1.165, 1.54) is 10.8 Å². The highest BCUT2D eigenvalue weighted by Crippen LogP contribution is 2.23. The molecular weight excluding hydrogens is 314 g/mol. The summed E-state index contributed by atoms with van der Waals surface area (Å²) in [6, 6.07) is 14.4. The molecule has 0 fully saturated rings. The van der Waals surface area contributed by atoms with E-state index in [1.807, 2.05) is 24.3 Å². The average molecular weight is 335 g/mol. The van der Waals surface area contributed by atoms with E-state index in [1.54, 1.807) is 19.3 Å². The van der Waals surface area contributed by atoms with E-state index >= 15 is 0 Å². The highest BCUT2D eigenvalue weighted by Gasteiger charge is 2.08. The molecule has 0 bridgehead atoms. The first-order valence-electron chi connectivity index (χ1n) is 8.20. The molecule has 0 aliphatic heterocycles. The number of aromatic hydroxyl groups is 1. The largest absolute Gasteiger partial charge is 0.505 e. The number of nitrogens with one attached hydrogen (secondary N) is 1. The van der Waals surface area contributed by atoms with Gasteiger partial charge >= 0.3 is 0 Å². The van der Waals surface area contributed by atoms with E-state index in [0.29, 0.717) is 29.9 Å². The normalized spacial score (nSPS) is 11.3. The van der Waals surface area contributed by atoms with Gasteiger partial charge in [0.1, 0.15) is 5.75 Å². The Morgan fingerprint density at radius 1 is 1.16 bits per heavy atom. The number of anilines is 1. The van der Waals surface area contributed by atoms with Crippen molar-refractivity contribution < 1.29 is 10.2 Å². The zero-order valence-electron chi connectivity index (χ0n) is 14.1. The van der Waals surface area contributed by atoms with Crippen molar-refractivity contribution in [1.82, 2.24) is 4.98 Å². The van der Waals surface area contributed by atoms with Gasteiger partial charge in [-0.25, -0.2) is 0 Å². The molecule has 0 saturated carbocycles. The van der Waals surface area contributed by atoms with Gasteiger partial charge in [0.2, 0.25) is 0 Å². The molecule has 25 heavy (non-hydrogen) atoms. The monoisotopic (exact) mass is 335 g/mol. The van der Waals surface area contributed by atoms with Crippen molar-refractivity contribution in [2.45, 2.75) is 13.5 Å². The Kier molecular flexibility index (Phi) is 5.26. The van der Waals surface area contributed by atoms with Crippen LogP contribution in [0.2, 0.25) is 0 Å². The van der Waals surface area contributed by atoms with Crippen molar-refractivity contribution in [2.75, 3.05) is 18.4 Å². The maximum Gasteiger partial charge on any atom is 0.145 e. The van der Waals surface area contributed by atoms with Crippen LogP contribution in [0, 0.1) is 6.92 Å². The summed E-state index contributed by atoms with van der Waals surface area (Å²) in [5.74, 6) is 0.0670. The van der Waals surface area contributed by atoms with E-state index < -0.39 is 0 Å². The Balaban J connectivity index is 1.66. The summed E-state index contributed by atoms with van der Waals surface area (Å²) in [5.41, 5.74) is 2.69. The van der Waals surface area contributed by atoms with Gasteiger partial charge in [-0.05, 0) is 18.4 Å². The topological polar surface area (TPSA) is 77.7 Å². The lowest BCUT2D eigenvalue weighted by atomic mass is 10.1. The van der Waals surface area contributed by atoms with Crippen LogP contribution in [0.5, 0.6) is 5.75 Å². The number of fused-ring (bicyclic) bond motifs is 1. The molecule has 3 N–H and O–H groups in total. The van der Waals surface area contributed by atoms with Gasteiger partial charge in [0.05, 0.1) is 18.8 Å². The Morgan fingerprint density at radius 2 is 1.96 bits per heavy atom. The van der Waals surface area contributed by atoms with E-state index in [4.69, 9.17) is 0 Å². The highest BCUT2D eigenvalue weighted by atomic mass is 16.3. The molecule has 0 atom stereocenters. The molecule has 0 aliphatic rings. The number of aryl methyl sites for hydroxylation is 1. The number of aliphatic hydroxyl groups excluding tert-OH is 1. The molecule has 1 aromatic heterocycles. The molecular formula is C20H21N3O2. The minimum absolute atomic E-state index is 0.0670. The van der Waals surface area contributed by atoms with Crippen LogP contribution >= 0.6 is 0 Å². The Bertz CT molecular complexity index is 901. The highest BCUT2D eigenvalue weighted by molar-refractivity contribution is 5.93. The van der Waals surface area contributed by atoms with Gasteiger partial charge in [-0.15, -0.1) is 0 Å². The van der Waals surface area contributed by atoms with Gasteiger partial charge in [0.25, 0.3) is 0 Å². The van der Waals surface area contributed by atoms with E-state index in [0.717, 1.165) is 5.69 Å². The first-order valence-corrected chi connectivity index (χ1v) is 8.20. The van der Waals surface area contributed by atoms with Crippen LogP contribution in [0.3, 0.4) is 0 Å². The van der Waals surface area contributed by atoms with Crippen LogP contribution in [0.25, 0.3) is 10.8 Å². The number of hydrogen-bond acceptors (Lipinski definition) is 5. The molecule has 0 unspecified atom stereocenters. The van der Waals surface area contributed by atoms with Crippen LogP contribution in [-0.2, 0) is 6.61 Å². The fourth-order valence-corrected chi connectivity index (χ4v) is 2.71. The standard InChI is InChI=1S/C20H21N3O2/c1-14-20(25)18(16(13-24)11-23-14)12-21-9-10-22-19-8-4-6-15-5-2-3-7-17(15)19/h2-8,11-12,22,24-25H,9-10,13H2,1H3. The Morgan fingerprint density at radius 3 is 2.80 bits per heavy atom. The van der Waals surface area contributed by atoms with Gasteiger partial charge in [-0.3, -0.25) is 9.98 Å². The summed E-state index contributed by atoms with van der Waals surface area (Å²) in [7, 11) is 0. The molecule has 0 amide bonds. The minimum Gasteiger partial charge on any atom is -0.505 e. The number of benzene rings is 2. The van der Waals surface area contributed by atoms with Gasteiger partial charge in [0, 0.05) is 41.2 Å². The third-order valence-corrected chi connectivity index (χ3v) is 4.09. The van der Waals surface area contributed by atoms with Gasteiger partial charge < -0.3 is 15.5 Å². The number of pyridine rings is 1. The number of hydrogen-bond donors (Lipinski definition) is 3. The third kappa shape index (κ3) is 3.78. The van der Waals surface area contributed by atoms with Crippen molar-refractivity contribution in [3.05, 3.63) is 65.5 Å². The SMILES string of the molecule is Cc1ncc(CO)c(C=NCCNc2cccc3ccccc23)c1O. The molecule has 128 valence electrons. The molecule has 0 spiro atoms. The van der Waals surface area contributed by atoms with Gasteiger partial charge in [0.15, 0.2) is 0 Å². The number of aliphatic imine (C=N–C) groups is 1. The summed E-state index contributed by atoms with van der Waals surface area (Å²) < 4.78 is 0. The van der Waals surface area contributed by atoms with E-state index in [2.05, 4.69) is 33.5 Å². The van der Waals surface area contributed by atoms with Crippen LogP contribution in [-0.4, -0.2) is 34.5 Å². The van der Waals surface area contributed by atoms with Crippen molar-refractivity contribution in [3.8, 4) is 5.75 Å². The van der Waals surface area contributed by atoms with Crippen LogP contribution in [0.4, 0.5) is 5.69 Å². The van der Waals surface area contributed by atoms with Gasteiger partial charge in [-0.1, -0.05) is 36.4 Å². The zero-order chi connectivity index (χ0) is 17.6. The van der Waals surface area contributed by atoms with E-state index in [-0.39, 0.29) is 12.4 Å². The third-order valence-electron chi connectivity index (χ3n) is 4.09. The second kappa shape index (κ2) is 7.77. The lowest BCUT2D eigenvalue weighted by Gasteiger charge is -2.09. The van der Waals surface area contributed by atoms with Crippen molar-refractivity contribution in [3.63, 3.8) is 0 Å². The average Bonchev–Trinajstić information content (AvgIpc) is 2.65. The van der Waals surface area contributed by atoms with Crippen LogP contribution in [0.15, 0.2) is 53.7 Å². The minimum atomic E-state index is -0.184. The second-order valence-corrected chi connectivity index (χ2v) is 5.78. The summed E-state index contributed by atoms with van der Waals surface area (Å²) in [6.07, 6.45) is 3.16. The van der Waals surface area contributed by atoms with Crippen molar-refractivity contribution in [1.29, 1.82) is 0 Å². The molecule has 0 radical (unpaired) electrons. The molecule has 3 aromatic rings. The molecule has 0 saturated heterocycles. The lowest BCUT2D eigenvalue weighted by molar-refractivity contribution is 0.280. The predicted molar refractivity (Wildman–Crippen MR) is 101 cm³/mol. The Hall–Kier alpha value is -2.92. The number of aliphatic hydroxyl groups is 1. The fraction of sp³-hybridized carbons (Fsp3) is 0.200. The molecule has 5 heteroatoms. The first kappa shape index (κ1) is 16.9. The smallest absolute Gasteiger partial charge is 0.145 e. The zero-order valence-corrected chi connectivity index (χ0v) is 14.1. The second-order valence-electron chi connectivity index (χ2n) is 5.78. The lowest BCUT2D eigenvalue weighted by Crippen LogP contribution is -2.06. The van der Waals surface area contributed by atoms with Crippen LogP contribution < -0.4 is 5.32 Å². The summed E-state index contributed by atoms with van der Waals surface area (Å²) >= 11 is 0. The Labute approximate surface area is 146 Å². The maximum atomic E-state index is 10.1. The molecule has 5 nitrogen and oxygen atoms in total. The first-order chi connectivity index (χ1) is 12.2. The number of rotatable bonds is 6. The maximum absolute atomic E-state index is 10.1. The summed E-state index contributed by atoms with van der Waals surface area (Å²) in [6.45, 7) is 2.75. The molecule has 1 heterocycles. The number of nitrogens with zero attached hydrogens (tertiary/aromatic N) is 2. The number of aromatic nitrogens is 1. The van der Waals surface area contributed by atoms with Crippen molar-refractivity contribution >= 4 is 22.7 Å².